The third kappa shape index (κ3) is 8.09. The Balaban J connectivity index is 1.45. The Bertz CT molecular complexity index is 895. The molecule has 1 fully saturated rings. The summed E-state index contributed by atoms with van der Waals surface area (Å²) < 4.78 is 5.59. The van der Waals surface area contributed by atoms with E-state index in [0.717, 1.165) is 24.7 Å². The summed E-state index contributed by atoms with van der Waals surface area (Å²) in [7, 11) is 0. The Kier molecular flexibility index (Phi) is 9.13. The van der Waals surface area contributed by atoms with Gasteiger partial charge in [-0.2, -0.15) is 0 Å². The van der Waals surface area contributed by atoms with Crippen LogP contribution in [0.4, 0.5) is 16.2 Å². The fraction of sp³-hybridized carbons (Fsp3) is 0.462. The van der Waals surface area contributed by atoms with Crippen LogP contribution < -0.4 is 20.7 Å². The van der Waals surface area contributed by atoms with Gasteiger partial charge in [0.25, 0.3) is 5.91 Å². The molecule has 2 aromatic rings. The molecule has 0 spiro atoms. The van der Waals surface area contributed by atoms with E-state index in [2.05, 4.69) is 41.6 Å². The fourth-order valence-electron chi connectivity index (χ4n) is 4.05. The van der Waals surface area contributed by atoms with E-state index in [0.29, 0.717) is 29.9 Å². The lowest BCUT2D eigenvalue weighted by atomic mass is 9.94. The third-order valence-corrected chi connectivity index (χ3v) is 6.05. The van der Waals surface area contributed by atoms with Gasteiger partial charge in [0.1, 0.15) is 5.75 Å². The molecule has 0 radical (unpaired) electrons. The molecule has 3 N–H and O–H groups in total. The number of rotatable bonds is 9. The van der Waals surface area contributed by atoms with Crippen molar-refractivity contribution < 1.29 is 14.3 Å². The summed E-state index contributed by atoms with van der Waals surface area (Å²) in [5.74, 6) is 1.50. The normalized spacial score (nSPS) is 15.6. The number of ether oxygens (including phenoxy) is 1. The standard InChI is InChI=1S/C26H36N4O3/c1-19(2)24(30-14-12-20(3)13-15-30)17-27-26(32)29-22-10-7-11-23(16-22)33-18-25(31)28-21-8-5-4-6-9-21/h4-11,16,19-20,24H,12-15,17-18H2,1-3H3,(H,28,31)(H2,27,29,32). The summed E-state index contributed by atoms with van der Waals surface area (Å²) in [6, 6.07) is 16.3. The maximum absolute atomic E-state index is 12.5. The predicted octanol–water partition coefficient (Wildman–Crippen LogP) is 4.58. The number of hydrogen-bond donors (Lipinski definition) is 3. The number of carbonyl (C=O) groups is 2. The zero-order chi connectivity index (χ0) is 23.6. The fourth-order valence-corrected chi connectivity index (χ4v) is 4.05. The second-order valence-electron chi connectivity index (χ2n) is 9.10. The summed E-state index contributed by atoms with van der Waals surface area (Å²) in [5, 5.41) is 8.66. The lowest BCUT2D eigenvalue weighted by molar-refractivity contribution is -0.118. The van der Waals surface area contributed by atoms with Gasteiger partial charge in [0.15, 0.2) is 6.61 Å². The van der Waals surface area contributed by atoms with Gasteiger partial charge in [0.05, 0.1) is 0 Å². The van der Waals surface area contributed by atoms with Crippen LogP contribution in [0.2, 0.25) is 0 Å². The summed E-state index contributed by atoms with van der Waals surface area (Å²) in [4.78, 5) is 27.1. The van der Waals surface area contributed by atoms with Gasteiger partial charge >= 0.3 is 6.03 Å². The van der Waals surface area contributed by atoms with E-state index < -0.39 is 0 Å². The molecule has 7 heteroatoms. The van der Waals surface area contributed by atoms with Crippen LogP contribution in [0.15, 0.2) is 54.6 Å². The number of amides is 3. The zero-order valence-corrected chi connectivity index (χ0v) is 19.8. The summed E-state index contributed by atoms with van der Waals surface area (Å²) >= 11 is 0. The van der Waals surface area contributed by atoms with E-state index in [9.17, 15) is 9.59 Å². The first kappa shape index (κ1) is 24.6. The number of urea groups is 1. The molecule has 1 saturated heterocycles. The van der Waals surface area contributed by atoms with E-state index in [1.54, 1.807) is 24.3 Å². The van der Waals surface area contributed by atoms with Gasteiger partial charge in [-0.3, -0.25) is 9.69 Å². The average molecular weight is 453 g/mol. The molecule has 3 amide bonds. The first-order valence-corrected chi connectivity index (χ1v) is 11.8. The molecule has 1 atom stereocenters. The Morgan fingerprint density at radius 3 is 2.39 bits per heavy atom. The second kappa shape index (κ2) is 12.3. The molecule has 0 aromatic heterocycles. The molecule has 0 bridgehead atoms. The molecule has 7 nitrogen and oxygen atoms in total. The van der Waals surface area contributed by atoms with Crippen molar-refractivity contribution in [3.63, 3.8) is 0 Å². The molecule has 1 aliphatic rings. The van der Waals surface area contributed by atoms with Gasteiger partial charge in [-0.25, -0.2) is 4.79 Å². The first-order valence-electron chi connectivity index (χ1n) is 11.8. The summed E-state index contributed by atoms with van der Waals surface area (Å²) in [6.45, 7) is 9.38. The summed E-state index contributed by atoms with van der Waals surface area (Å²) in [5.41, 5.74) is 1.33. The molecular formula is C26H36N4O3. The minimum atomic E-state index is -0.246. The topological polar surface area (TPSA) is 82.7 Å². The monoisotopic (exact) mass is 452 g/mol. The highest BCUT2D eigenvalue weighted by molar-refractivity contribution is 5.92. The number of carbonyl (C=O) groups excluding carboxylic acids is 2. The Hall–Kier alpha value is -3.06. The van der Waals surface area contributed by atoms with Gasteiger partial charge < -0.3 is 20.7 Å². The molecule has 0 saturated carbocycles. The van der Waals surface area contributed by atoms with Crippen LogP contribution in [-0.2, 0) is 4.79 Å². The number of para-hydroxylation sites is 1. The van der Waals surface area contributed by atoms with Crippen molar-refractivity contribution in [2.45, 2.75) is 39.7 Å². The smallest absolute Gasteiger partial charge is 0.319 e. The van der Waals surface area contributed by atoms with Crippen molar-refractivity contribution in [3.05, 3.63) is 54.6 Å². The van der Waals surface area contributed by atoms with Gasteiger partial charge in [-0.05, 0) is 62.0 Å². The highest BCUT2D eigenvalue weighted by atomic mass is 16.5. The molecule has 178 valence electrons. The molecular weight excluding hydrogens is 416 g/mol. The van der Waals surface area contributed by atoms with Crippen LogP contribution in [0.1, 0.15) is 33.6 Å². The maximum atomic E-state index is 12.5. The number of hydrogen-bond acceptors (Lipinski definition) is 4. The Morgan fingerprint density at radius 2 is 1.70 bits per heavy atom. The van der Waals surface area contributed by atoms with Crippen LogP contribution in [0, 0.1) is 11.8 Å². The first-order chi connectivity index (χ1) is 15.9. The van der Waals surface area contributed by atoms with Crippen LogP contribution in [0.25, 0.3) is 0 Å². The van der Waals surface area contributed by atoms with Crippen molar-refractivity contribution in [3.8, 4) is 5.75 Å². The van der Waals surface area contributed by atoms with Crippen molar-refractivity contribution >= 4 is 23.3 Å². The molecule has 3 rings (SSSR count). The minimum Gasteiger partial charge on any atom is -0.484 e. The highest BCUT2D eigenvalue weighted by Gasteiger charge is 2.25. The zero-order valence-electron chi connectivity index (χ0n) is 19.8. The number of nitrogens with one attached hydrogen (secondary N) is 3. The molecule has 2 aromatic carbocycles. The van der Waals surface area contributed by atoms with Gasteiger partial charge in [0.2, 0.25) is 0 Å². The predicted molar refractivity (Wildman–Crippen MR) is 133 cm³/mol. The van der Waals surface area contributed by atoms with Crippen LogP contribution >= 0.6 is 0 Å². The van der Waals surface area contributed by atoms with Crippen molar-refractivity contribution in [1.82, 2.24) is 10.2 Å². The van der Waals surface area contributed by atoms with Gasteiger partial charge in [0, 0.05) is 30.0 Å². The lowest BCUT2D eigenvalue weighted by Gasteiger charge is -2.38. The van der Waals surface area contributed by atoms with Crippen LogP contribution in [-0.4, -0.2) is 49.1 Å². The van der Waals surface area contributed by atoms with E-state index >= 15 is 0 Å². The Morgan fingerprint density at radius 1 is 1.00 bits per heavy atom. The van der Waals surface area contributed by atoms with Gasteiger partial charge in [-0.15, -0.1) is 0 Å². The van der Waals surface area contributed by atoms with Crippen LogP contribution in [0.5, 0.6) is 5.75 Å². The van der Waals surface area contributed by atoms with Crippen LogP contribution in [0.3, 0.4) is 0 Å². The quantitative estimate of drug-likeness (QED) is 0.520. The molecule has 1 heterocycles. The van der Waals surface area contributed by atoms with E-state index in [1.807, 2.05) is 30.3 Å². The average Bonchev–Trinajstić information content (AvgIpc) is 2.80. The lowest BCUT2D eigenvalue weighted by Crippen LogP contribution is -2.50. The van der Waals surface area contributed by atoms with E-state index in [-0.39, 0.29) is 18.5 Å². The minimum absolute atomic E-state index is 0.116. The maximum Gasteiger partial charge on any atom is 0.319 e. The molecule has 0 aliphatic carbocycles. The molecule has 1 unspecified atom stereocenters. The largest absolute Gasteiger partial charge is 0.484 e. The number of benzene rings is 2. The summed E-state index contributed by atoms with van der Waals surface area (Å²) in [6.07, 6.45) is 2.43. The van der Waals surface area contributed by atoms with E-state index in [4.69, 9.17) is 4.74 Å². The Labute approximate surface area is 196 Å². The van der Waals surface area contributed by atoms with Crippen molar-refractivity contribution in [2.24, 2.45) is 11.8 Å². The number of nitrogens with zero attached hydrogens (tertiary/aromatic N) is 1. The molecule has 33 heavy (non-hydrogen) atoms. The third-order valence-electron chi connectivity index (χ3n) is 6.05. The number of piperidine rings is 1. The van der Waals surface area contributed by atoms with Gasteiger partial charge in [-0.1, -0.05) is 45.0 Å². The highest BCUT2D eigenvalue weighted by Crippen LogP contribution is 2.21. The van der Waals surface area contributed by atoms with Crippen molar-refractivity contribution in [2.75, 3.05) is 36.9 Å². The second-order valence-corrected chi connectivity index (χ2v) is 9.10. The molecule has 1 aliphatic heterocycles. The SMILES string of the molecule is CC1CCN(C(CNC(=O)Nc2cccc(OCC(=O)Nc3ccccc3)c2)C(C)C)CC1. The number of anilines is 2. The van der Waals surface area contributed by atoms with E-state index in [1.165, 1.54) is 12.8 Å². The van der Waals surface area contributed by atoms with Crippen molar-refractivity contribution in [1.29, 1.82) is 0 Å². The number of likely N-dealkylation sites (tertiary alicyclic amines) is 1.